The average molecular weight is 559 g/mol. The summed E-state index contributed by atoms with van der Waals surface area (Å²) in [5.41, 5.74) is 1.09. The topological polar surface area (TPSA) is 149 Å². The minimum atomic E-state index is -3.73. The summed E-state index contributed by atoms with van der Waals surface area (Å²) in [4.78, 5) is 30.4. The van der Waals surface area contributed by atoms with Gasteiger partial charge in [-0.3, -0.25) is 14.5 Å². The van der Waals surface area contributed by atoms with Gasteiger partial charge in [-0.25, -0.2) is 8.42 Å². The molecule has 0 unspecified atom stereocenters. The molecule has 4 saturated heterocycles. The molecule has 4 aliphatic rings. The van der Waals surface area contributed by atoms with E-state index in [9.17, 15) is 28.2 Å². The van der Waals surface area contributed by atoms with Crippen LogP contribution < -0.4 is 5.32 Å². The van der Waals surface area contributed by atoms with E-state index in [4.69, 9.17) is 9.47 Å². The Morgan fingerprint density at radius 3 is 2.65 bits per heavy atom. The molecular weight excluding hydrogens is 524 g/mol. The van der Waals surface area contributed by atoms with Crippen LogP contribution in [0.3, 0.4) is 0 Å². The number of nitrogens with zero attached hydrogens (tertiary/aromatic N) is 3. The van der Waals surface area contributed by atoms with Crippen LogP contribution in [0.2, 0.25) is 0 Å². The van der Waals surface area contributed by atoms with Crippen LogP contribution in [0.5, 0.6) is 0 Å². The molecule has 4 aliphatic heterocycles. The number of morpholine rings is 1. The number of hydrogen-bond acceptors (Lipinski definition) is 10. The molecule has 0 aromatic carbocycles. The van der Waals surface area contributed by atoms with Crippen molar-refractivity contribution >= 4 is 33.2 Å². The smallest absolute Gasteiger partial charge is 0.240 e. The third kappa shape index (κ3) is 6.01. The molecule has 2 amide bonds. The fourth-order valence-electron chi connectivity index (χ4n) is 5.69. The lowest BCUT2D eigenvalue weighted by Crippen LogP contribution is -2.55. The van der Waals surface area contributed by atoms with Crippen molar-refractivity contribution in [3.63, 3.8) is 0 Å². The Morgan fingerprint density at radius 1 is 1.14 bits per heavy atom. The number of aliphatic hydroxyl groups is 2. The molecule has 14 heteroatoms. The van der Waals surface area contributed by atoms with E-state index in [-0.39, 0.29) is 50.5 Å². The number of ether oxygens (including phenoxy) is 2. The van der Waals surface area contributed by atoms with Crippen molar-refractivity contribution in [1.82, 2.24) is 19.4 Å². The number of aliphatic hydroxyl groups excluding tert-OH is 2. The lowest BCUT2D eigenvalue weighted by molar-refractivity contribution is -0.144. The van der Waals surface area contributed by atoms with Gasteiger partial charge in [0.2, 0.25) is 21.8 Å². The number of hydrogen-bond donors (Lipinski definition) is 3. The van der Waals surface area contributed by atoms with Crippen molar-refractivity contribution in [3.8, 4) is 0 Å². The predicted octanol–water partition coefficient (Wildman–Crippen LogP) is -1.81. The van der Waals surface area contributed by atoms with E-state index >= 15 is 0 Å². The number of amides is 2. The lowest BCUT2D eigenvalue weighted by atomic mass is 10.0. The quantitative estimate of drug-likeness (QED) is 0.390. The summed E-state index contributed by atoms with van der Waals surface area (Å²) >= 11 is 1.58. The molecule has 37 heavy (non-hydrogen) atoms. The molecule has 7 atom stereocenters. The number of sulfonamides is 1. The molecule has 6 bridgehead atoms. The second-order valence-corrected chi connectivity index (χ2v) is 13.1. The zero-order valence-corrected chi connectivity index (χ0v) is 22.3. The molecule has 0 radical (unpaired) electrons. The van der Waals surface area contributed by atoms with Crippen molar-refractivity contribution in [1.29, 1.82) is 0 Å². The van der Waals surface area contributed by atoms with Crippen LogP contribution in [-0.2, 0) is 35.6 Å². The van der Waals surface area contributed by atoms with Crippen LogP contribution >= 0.6 is 11.3 Å². The van der Waals surface area contributed by atoms with E-state index in [0.29, 0.717) is 26.1 Å². The second kappa shape index (κ2) is 10.8. The van der Waals surface area contributed by atoms with E-state index in [1.54, 1.807) is 16.2 Å². The van der Waals surface area contributed by atoms with E-state index in [0.717, 1.165) is 16.1 Å². The Labute approximate surface area is 220 Å². The molecule has 206 valence electrons. The summed E-state index contributed by atoms with van der Waals surface area (Å²) < 4.78 is 38.0. The first kappa shape index (κ1) is 26.9. The minimum absolute atomic E-state index is 0.0254. The normalized spacial score (nSPS) is 36.6. The number of thiophene rings is 1. The zero-order chi connectivity index (χ0) is 26.3. The van der Waals surface area contributed by atoms with Crippen LogP contribution in [-0.4, -0.2) is 133 Å². The van der Waals surface area contributed by atoms with Gasteiger partial charge in [0.1, 0.15) is 18.3 Å². The molecule has 12 nitrogen and oxygen atoms in total. The molecule has 4 fully saturated rings. The van der Waals surface area contributed by atoms with Gasteiger partial charge in [-0.05, 0) is 28.8 Å². The van der Waals surface area contributed by atoms with E-state index in [2.05, 4.69) is 10.2 Å². The molecule has 5 rings (SSSR count). The third-order valence-corrected chi connectivity index (χ3v) is 9.55. The summed E-state index contributed by atoms with van der Waals surface area (Å²) in [5.74, 6) is -0.420. The van der Waals surface area contributed by atoms with E-state index in [1.165, 1.54) is 0 Å². The molecule has 0 spiro atoms. The summed E-state index contributed by atoms with van der Waals surface area (Å²) in [6, 6.07) is 1.31. The molecular formula is C23H34N4O8S2. The molecule has 0 saturated carbocycles. The fourth-order valence-corrected chi connectivity index (χ4v) is 7.20. The largest absolute Gasteiger partial charge is 0.388 e. The monoisotopic (exact) mass is 558 g/mol. The Balaban J connectivity index is 1.42. The summed E-state index contributed by atoms with van der Waals surface area (Å²) in [7, 11) is -3.73. The highest BCUT2D eigenvalue weighted by Crippen LogP contribution is 2.28. The molecule has 1 aromatic heterocycles. The number of carbonyl (C=O) groups excluding carboxylic acids is 2. The van der Waals surface area contributed by atoms with Gasteiger partial charge in [-0.2, -0.15) is 15.6 Å². The first-order valence-electron chi connectivity index (χ1n) is 12.5. The number of likely N-dealkylation sites (tertiary alicyclic amines) is 1. The molecule has 3 N–H and O–H groups in total. The van der Waals surface area contributed by atoms with Gasteiger partial charge in [0.25, 0.3) is 0 Å². The second-order valence-electron chi connectivity index (χ2n) is 10.3. The standard InChI is InChI=1S/C23H34N4O8S2/c1-37(32,33)27-11-16-10-25(3-4-34-16)23(31)17-6-15(9-26(17)8-14-2-5-36-13-14)24-20(28)7-18-21(29)22(30)19(12-27)35-18/h2,5,13,15-19,21-22,29-30H,3-4,6-12H2,1H3,(H,24,28)/t15-,16-,17-,18-,19+,21-,22+/m0/s1. The van der Waals surface area contributed by atoms with Crippen LogP contribution in [0.4, 0.5) is 0 Å². The van der Waals surface area contributed by atoms with Crippen LogP contribution in [0.25, 0.3) is 0 Å². The first-order chi connectivity index (χ1) is 17.6. The van der Waals surface area contributed by atoms with Gasteiger partial charge in [-0.1, -0.05) is 0 Å². The molecule has 5 heterocycles. The Kier molecular flexibility index (Phi) is 7.90. The molecule has 1 aromatic rings. The molecule has 0 aliphatic carbocycles. The van der Waals surface area contributed by atoms with Gasteiger partial charge >= 0.3 is 0 Å². The maximum absolute atomic E-state index is 13.7. The van der Waals surface area contributed by atoms with Gasteiger partial charge in [0.05, 0.1) is 37.5 Å². The number of nitrogens with one attached hydrogen (secondary N) is 1. The lowest BCUT2D eigenvalue weighted by Gasteiger charge is -2.38. The van der Waals surface area contributed by atoms with Crippen molar-refractivity contribution in [3.05, 3.63) is 22.4 Å². The van der Waals surface area contributed by atoms with Crippen LogP contribution in [0.1, 0.15) is 18.4 Å². The maximum atomic E-state index is 13.7. The zero-order valence-electron chi connectivity index (χ0n) is 20.6. The Hall–Kier alpha value is -1.65. The van der Waals surface area contributed by atoms with Gasteiger partial charge in [0.15, 0.2) is 0 Å². The van der Waals surface area contributed by atoms with E-state index < -0.39 is 46.6 Å². The number of carbonyl (C=O) groups is 2. The van der Waals surface area contributed by atoms with E-state index in [1.807, 2.05) is 16.8 Å². The number of fused-ring (bicyclic) bond motifs is 6. The van der Waals surface area contributed by atoms with Gasteiger partial charge in [-0.15, -0.1) is 0 Å². The Morgan fingerprint density at radius 2 is 1.92 bits per heavy atom. The Bertz CT molecular complexity index is 1090. The third-order valence-electron chi connectivity index (χ3n) is 7.58. The SMILES string of the molecule is CS(=O)(=O)N1C[C@@H]2CN(CCO2)C(=O)[C@@H]2C[C@@H](CN2Cc2ccsc2)NC(=O)C[C@@H]2O[C@H](C1)[C@@H](O)[C@H]2O. The number of rotatable bonds is 3. The highest BCUT2D eigenvalue weighted by molar-refractivity contribution is 7.88. The maximum Gasteiger partial charge on any atom is 0.240 e. The van der Waals surface area contributed by atoms with Gasteiger partial charge in [0, 0.05) is 45.3 Å². The predicted molar refractivity (Wildman–Crippen MR) is 133 cm³/mol. The fraction of sp³-hybridized carbons (Fsp3) is 0.739. The summed E-state index contributed by atoms with van der Waals surface area (Å²) in [5, 5.41) is 28.1. The highest BCUT2D eigenvalue weighted by atomic mass is 32.2. The average Bonchev–Trinajstić information content (AvgIpc) is 3.55. The highest BCUT2D eigenvalue weighted by Gasteiger charge is 2.46. The summed E-state index contributed by atoms with van der Waals surface area (Å²) in [6.45, 7) is 1.73. The van der Waals surface area contributed by atoms with Gasteiger partial charge < -0.3 is 29.9 Å². The minimum Gasteiger partial charge on any atom is -0.388 e. The van der Waals surface area contributed by atoms with Crippen molar-refractivity contribution in [2.45, 2.75) is 62.0 Å². The van der Waals surface area contributed by atoms with Crippen LogP contribution in [0, 0.1) is 0 Å². The van der Waals surface area contributed by atoms with Crippen molar-refractivity contribution in [2.24, 2.45) is 0 Å². The van der Waals surface area contributed by atoms with Crippen LogP contribution in [0.15, 0.2) is 16.8 Å². The summed E-state index contributed by atoms with van der Waals surface area (Å²) in [6.07, 6.45) is -3.91. The van der Waals surface area contributed by atoms with Crippen molar-refractivity contribution < 1.29 is 37.7 Å². The van der Waals surface area contributed by atoms with Crippen molar-refractivity contribution in [2.75, 3.05) is 45.6 Å². The first-order valence-corrected chi connectivity index (χ1v) is 15.3.